The number of nitro benzene ring substituents is 1. The number of nitrogens with one attached hydrogen (secondary N) is 2. The average Bonchev–Trinajstić information content (AvgIpc) is 2.71. The molecule has 2 rings (SSSR count). The molecule has 0 saturated heterocycles. The van der Waals surface area contributed by atoms with Crippen LogP contribution in [-0.2, 0) is 21.2 Å². The maximum Gasteiger partial charge on any atom is 0.269 e. The summed E-state index contributed by atoms with van der Waals surface area (Å²) < 4.78 is 26.5. The van der Waals surface area contributed by atoms with Crippen molar-refractivity contribution in [3.63, 3.8) is 0 Å². The van der Waals surface area contributed by atoms with Gasteiger partial charge in [-0.2, -0.15) is 0 Å². The summed E-state index contributed by atoms with van der Waals surface area (Å²) in [4.78, 5) is 21.8. The van der Waals surface area contributed by atoms with Crippen LogP contribution in [0.1, 0.15) is 5.56 Å². The molecule has 2 atom stereocenters. The molecule has 10 nitrogen and oxygen atoms in total. The van der Waals surface area contributed by atoms with Crippen molar-refractivity contribution in [3.05, 3.63) is 70.3 Å². The maximum absolute atomic E-state index is 12.1. The monoisotopic (exact) mass is 422 g/mol. The Balaban J connectivity index is 1.79. The summed E-state index contributed by atoms with van der Waals surface area (Å²) in [5.74, 6) is -0.706. The normalized spacial score (nSPS) is 13.4. The molecule has 0 heterocycles. The van der Waals surface area contributed by atoms with Crippen LogP contribution < -0.4 is 15.8 Å². The van der Waals surface area contributed by atoms with Crippen LogP contribution in [0.15, 0.2) is 59.5 Å². The van der Waals surface area contributed by atoms with Gasteiger partial charge in [0.15, 0.2) is 0 Å². The summed E-state index contributed by atoms with van der Waals surface area (Å²) in [6, 6.07) is 12.7. The van der Waals surface area contributed by atoms with Crippen molar-refractivity contribution >= 4 is 21.6 Å². The summed E-state index contributed by atoms with van der Waals surface area (Å²) in [5, 5.41) is 23.0. The fraction of sp³-hybridized carbons (Fsp3) is 0.278. The first-order valence-electron chi connectivity index (χ1n) is 8.70. The largest absolute Gasteiger partial charge is 0.382 e. The van der Waals surface area contributed by atoms with E-state index in [0.29, 0.717) is 6.42 Å². The summed E-state index contributed by atoms with van der Waals surface area (Å²) in [6.45, 7) is -0.203. The molecular weight excluding hydrogens is 400 g/mol. The van der Waals surface area contributed by atoms with Crippen molar-refractivity contribution in [1.82, 2.24) is 10.0 Å². The van der Waals surface area contributed by atoms with Crippen molar-refractivity contribution in [2.75, 3.05) is 13.1 Å². The van der Waals surface area contributed by atoms with Gasteiger partial charge in [-0.3, -0.25) is 14.9 Å². The molecule has 0 fully saturated rings. The standard InChI is InChI=1S/C18H22N4O6S/c19-16(12-13-4-2-1-3-5-13)17(23)18(24)20-10-11-21-29(27,28)15-8-6-14(7-9-15)22(25)26/h1-9,16-17,21,23H,10-12,19H2,(H,20,24)/t16-,17+/m0/s1. The molecule has 0 unspecified atom stereocenters. The van der Waals surface area contributed by atoms with Crippen molar-refractivity contribution < 1.29 is 23.2 Å². The van der Waals surface area contributed by atoms with Crippen LogP contribution in [0.25, 0.3) is 0 Å². The summed E-state index contributed by atoms with van der Waals surface area (Å²) in [6.07, 6.45) is -1.14. The average molecular weight is 422 g/mol. The van der Waals surface area contributed by atoms with Gasteiger partial charge in [-0.1, -0.05) is 30.3 Å². The van der Waals surface area contributed by atoms with E-state index in [2.05, 4.69) is 10.0 Å². The van der Waals surface area contributed by atoms with Crippen LogP contribution >= 0.6 is 0 Å². The Morgan fingerprint density at radius 1 is 1.10 bits per heavy atom. The highest BCUT2D eigenvalue weighted by atomic mass is 32.2. The molecular formula is C18H22N4O6S. The molecule has 0 saturated carbocycles. The van der Waals surface area contributed by atoms with E-state index < -0.39 is 33.0 Å². The van der Waals surface area contributed by atoms with E-state index in [4.69, 9.17) is 5.73 Å². The number of hydrogen-bond acceptors (Lipinski definition) is 7. The second kappa shape index (κ2) is 10.1. The number of carbonyl (C=O) groups is 1. The minimum atomic E-state index is -3.89. The van der Waals surface area contributed by atoms with E-state index in [0.717, 1.165) is 29.8 Å². The number of aliphatic hydroxyl groups is 1. The van der Waals surface area contributed by atoms with E-state index >= 15 is 0 Å². The molecule has 0 bridgehead atoms. The summed E-state index contributed by atoms with van der Waals surface area (Å²) in [7, 11) is -3.89. The molecule has 0 aromatic heterocycles. The third-order valence-electron chi connectivity index (χ3n) is 4.06. The number of rotatable bonds is 10. The first-order chi connectivity index (χ1) is 13.7. The van der Waals surface area contributed by atoms with Gasteiger partial charge in [-0.25, -0.2) is 13.1 Å². The Hall–Kier alpha value is -2.86. The number of carbonyl (C=O) groups excluding carboxylic acids is 1. The molecule has 0 spiro atoms. The number of nitrogens with two attached hydrogens (primary N) is 1. The van der Waals surface area contributed by atoms with Crippen molar-refractivity contribution in [2.45, 2.75) is 23.5 Å². The third kappa shape index (κ3) is 6.61. The van der Waals surface area contributed by atoms with Gasteiger partial charge in [-0.05, 0) is 24.1 Å². The lowest BCUT2D eigenvalue weighted by Crippen LogP contribution is -2.48. The van der Waals surface area contributed by atoms with E-state index in [-0.39, 0.29) is 23.7 Å². The SMILES string of the molecule is N[C@@H](Cc1ccccc1)[C@@H](O)C(=O)NCCNS(=O)(=O)c1ccc([N+](=O)[O-])cc1. The Morgan fingerprint density at radius 3 is 2.31 bits per heavy atom. The van der Waals surface area contributed by atoms with E-state index in [1.807, 2.05) is 30.3 Å². The molecule has 0 aliphatic carbocycles. The molecule has 5 N–H and O–H groups in total. The lowest BCUT2D eigenvalue weighted by Gasteiger charge is -2.18. The number of nitro groups is 1. The molecule has 1 amide bonds. The molecule has 11 heteroatoms. The predicted octanol–water partition coefficient (Wildman–Crippen LogP) is -0.0798. The predicted molar refractivity (Wildman–Crippen MR) is 105 cm³/mol. The maximum atomic E-state index is 12.1. The first kappa shape index (κ1) is 22.4. The van der Waals surface area contributed by atoms with E-state index in [9.17, 15) is 28.4 Å². The molecule has 0 radical (unpaired) electrons. The van der Waals surface area contributed by atoms with Crippen molar-refractivity contribution in [1.29, 1.82) is 0 Å². The highest BCUT2D eigenvalue weighted by molar-refractivity contribution is 7.89. The number of sulfonamides is 1. The zero-order valence-electron chi connectivity index (χ0n) is 15.4. The zero-order valence-corrected chi connectivity index (χ0v) is 16.2. The van der Waals surface area contributed by atoms with Crippen LogP contribution in [0.4, 0.5) is 5.69 Å². The number of amides is 1. The third-order valence-corrected chi connectivity index (χ3v) is 5.54. The second-order valence-corrected chi connectivity index (χ2v) is 8.01. The first-order valence-corrected chi connectivity index (χ1v) is 10.2. The summed E-state index contributed by atoms with van der Waals surface area (Å²) >= 11 is 0. The molecule has 0 aliphatic heterocycles. The molecule has 2 aromatic rings. The van der Waals surface area contributed by atoms with E-state index in [1.165, 1.54) is 0 Å². The summed E-state index contributed by atoms with van der Waals surface area (Å²) in [5.41, 5.74) is 6.52. The molecule has 156 valence electrons. The Kier molecular flexibility index (Phi) is 7.79. The Labute approximate surface area is 167 Å². The lowest BCUT2D eigenvalue weighted by molar-refractivity contribution is -0.384. The number of aliphatic hydroxyl groups excluding tert-OH is 1. The smallest absolute Gasteiger partial charge is 0.269 e. The van der Waals surface area contributed by atoms with Crippen molar-refractivity contribution in [3.8, 4) is 0 Å². The Morgan fingerprint density at radius 2 is 1.72 bits per heavy atom. The number of benzene rings is 2. The van der Waals surface area contributed by atoms with Gasteiger partial charge >= 0.3 is 0 Å². The van der Waals surface area contributed by atoms with Gasteiger partial charge in [-0.15, -0.1) is 0 Å². The number of hydrogen-bond donors (Lipinski definition) is 4. The molecule has 29 heavy (non-hydrogen) atoms. The van der Waals surface area contributed by atoms with E-state index in [1.54, 1.807) is 0 Å². The Bertz CT molecular complexity index is 935. The highest BCUT2D eigenvalue weighted by Gasteiger charge is 2.23. The van der Waals surface area contributed by atoms with Gasteiger partial charge in [0.2, 0.25) is 10.0 Å². The fourth-order valence-electron chi connectivity index (χ4n) is 2.50. The van der Waals surface area contributed by atoms with Gasteiger partial charge < -0.3 is 16.2 Å². The highest BCUT2D eigenvalue weighted by Crippen LogP contribution is 2.15. The van der Waals surface area contributed by atoms with Crippen LogP contribution in [0.5, 0.6) is 0 Å². The molecule has 0 aliphatic rings. The van der Waals surface area contributed by atoms with Crippen LogP contribution in [-0.4, -0.2) is 49.6 Å². The van der Waals surface area contributed by atoms with Crippen molar-refractivity contribution in [2.24, 2.45) is 5.73 Å². The molecule has 2 aromatic carbocycles. The topological polar surface area (TPSA) is 165 Å². The minimum absolute atomic E-state index is 0.0693. The number of nitrogens with zero attached hydrogens (tertiary/aromatic N) is 1. The van der Waals surface area contributed by atoms with Gasteiger partial charge in [0.05, 0.1) is 9.82 Å². The quantitative estimate of drug-likeness (QED) is 0.236. The van der Waals surface area contributed by atoms with Crippen LogP contribution in [0, 0.1) is 10.1 Å². The fourth-order valence-corrected chi connectivity index (χ4v) is 3.53. The lowest BCUT2D eigenvalue weighted by atomic mass is 10.0. The van der Waals surface area contributed by atoms with Gasteiger partial charge in [0, 0.05) is 31.3 Å². The van der Waals surface area contributed by atoms with Gasteiger partial charge in [0.25, 0.3) is 11.6 Å². The number of non-ortho nitro benzene ring substituents is 1. The minimum Gasteiger partial charge on any atom is -0.382 e. The second-order valence-electron chi connectivity index (χ2n) is 6.24. The zero-order chi connectivity index (χ0) is 21.4. The van der Waals surface area contributed by atoms with Crippen LogP contribution in [0.2, 0.25) is 0 Å². The van der Waals surface area contributed by atoms with Gasteiger partial charge in [0.1, 0.15) is 6.10 Å². The van der Waals surface area contributed by atoms with Crippen LogP contribution in [0.3, 0.4) is 0 Å².